The summed E-state index contributed by atoms with van der Waals surface area (Å²) in [7, 11) is 0. The number of hydrogen-bond acceptors (Lipinski definition) is 3. The first-order valence-electron chi connectivity index (χ1n) is 10.5. The van der Waals surface area contributed by atoms with Crippen LogP contribution in [0, 0.1) is 0 Å². The standard InChI is InChI=1S/C26H22N2O2S/c1-2-27-22-11-7-6-10-20(22)21-16-19(12-13-23(21)27)17-24-25(29)28(26(31)30-24)15-14-18-8-4-3-5-9-18/h3-13,16-17H,2,14-15H2,1H3/b24-17+. The Bertz CT molecular complexity index is 1340. The van der Waals surface area contributed by atoms with Gasteiger partial charge in [-0.25, -0.2) is 0 Å². The van der Waals surface area contributed by atoms with E-state index >= 15 is 0 Å². The van der Waals surface area contributed by atoms with Gasteiger partial charge in [0.2, 0.25) is 0 Å². The van der Waals surface area contributed by atoms with E-state index in [4.69, 9.17) is 17.0 Å². The number of hydrogen-bond donors (Lipinski definition) is 0. The maximum Gasteiger partial charge on any atom is 0.297 e. The molecule has 4 nitrogen and oxygen atoms in total. The van der Waals surface area contributed by atoms with Crippen molar-refractivity contribution in [3.63, 3.8) is 0 Å². The number of ether oxygens (including phenoxy) is 1. The lowest BCUT2D eigenvalue weighted by Crippen LogP contribution is -2.30. The van der Waals surface area contributed by atoms with Gasteiger partial charge in [0.15, 0.2) is 5.76 Å². The van der Waals surface area contributed by atoms with Crippen LogP contribution in [0.1, 0.15) is 18.1 Å². The fourth-order valence-corrected chi connectivity index (χ4v) is 4.50. The molecule has 0 radical (unpaired) electrons. The minimum Gasteiger partial charge on any atom is -0.426 e. The molecule has 4 aromatic rings. The Balaban J connectivity index is 1.44. The van der Waals surface area contributed by atoms with E-state index in [1.165, 1.54) is 26.7 Å². The van der Waals surface area contributed by atoms with Gasteiger partial charge in [0.25, 0.3) is 11.1 Å². The van der Waals surface area contributed by atoms with Crippen molar-refractivity contribution < 1.29 is 9.53 Å². The molecule has 0 bridgehead atoms. The van der Waals surface area contributed by atoms with Crippen LogP contribution in [0.5, 0.6) is 0 Å². The molecule has 154 valence electrons. The molecule has 0 saturated carbocycles. The Morgan fingerprint density at radius 2 is 1.68 bits per heavy atom. The van der Waals surface area contributed by atoms with Crippen LogP contribution in [0.25, 0.3) is 27.9 Å². The van der Waals surface area contributed by atoms with E-state index in [9.17, 15) is 4.79 Å². The molecule has 0 unspecified atom stereocenters. The summed E-state index contributed by atoms with van der Waals surface area (Å²) in [6.45, 7) is 3.55. The van der Waals surface area contributed by atoms with Crippen molar-refractivity contribution in [3.05, 3.63) is 89.7 Å². The molecule has 1 aliphatic rings. The quantitative estimate of drug-likeness (QED) is 0.310. The summed E-state index contributed by atoms with van der Waals surface area (Å²) < 4.78 is 7.97. The molecule has 1 aromatic heterocycles. The maximum absolute atomic E-state index is 12.9. The van der Waals surface area contributed by atoms with Gasteiger partial charge in [-0.05, 0) is 61.0 Å². The number of nitrogens with zero attached hydrogens (tertiary/aromatic N) is 2. The van der Waals surface area contributed by atoms with Crippen molar-refractivity contribution >= 4 is 51.2 Å². The third kappa shape index (κ3) is 3.51. The molecule has 5 rings (SSSR count). The number of aromatic nitrogens is 1. The molecule has 0 spiro atoms. The van der Waals surface area contributed by atoms with E-state index < -0.39 is 0 Å². The average molecular weight is 427 g/mol. The summed E-state index contributed by atoms with van der Waals surface area (Å²) in [5.74, 6) is 0.0913. The smallest absolute Gasteiger partial charge is 0.297 e. The molecule has 1 saturated heterocycles. The molecular weight excluding hydrogens is 404 g/mol. The Morgan fingerprint density at radius 1 is 0.935 bits per heavy atom. The first-order chi connectivity index (χ1) is 15.2. The van der Waals surface area contributed by atoms with Crippen LogP contribution in [0.3, 0.4) is 0 Å². The van der Waals surface area contributed by atoms with E-state index in [0.717, 1.165) is 24.1 Å². The third-order valence-electron chi connectivity index (χ3n) is 5.75. The zero-order chi connectivity index (χ0) is 21.4. The number of aryl methyl sites for hydroxylation is 1. The van der Waals surface area contributed by atoms with Gasteiger partial charge < -0.3 is 9.30 Å². The number of para-hydroxylation sites is 1. The first kappa shape index (κ1) is 19.5. The predicted octanol–water partition coefficient (Wildman–Crippen LogP) is 5.54. The Morgan fingerprint density at radius 3 is 2.48 bits per heavy atom. The number of fused-ring (bicyclic) bond motifs is 3. The molecule has 3 aromatic carbocycles. The lowest BCUT2D eigenvalue weighted by Gasteiger charge is -2.11. The molecule has 2 heterocycles. The Labute approximate surface area is 186 Å². The highest BCUT2D eigenvalue weighted by Gasteiger charge is 2.33. The van der Waals surface area contributed by atoms with E-state index in [-0.39, 0.29) is 16.8 Å². The number of carbonyl (C=O) groups excluding carboxylic acids is 1. The van der Waals surface area contributed by atoms with Crippen molar-refractivity contribution in [1.29, 1.82) is 0 Å². The molecular formula is C26H22N2O2S. The average Bonchev–Trinajstić information content (AvgIpc) is 3.26. The molecule has 1 amide bonds. The summed E-state index contributed by atoms with van der Waals surface area (Å²) in [5.41, 5.74) is 4.48. The molecule has 0 atom stereocenters. The highest BCUT2D eigenvalue weighted by Crippen LogP contribution is 2.31. The highest BCUT2D eigenvalue weighted by atomic mass is 32.1. The van der Waals surface area contributed by atoms with Gasteiger partial charge in [-0.1, -0.05) is 54.6 Å². The topological polar surface area (TPSA) is 34.5 Å². The van der Waals surface area contributed by atoms with E-state index in [0.29, 0.717) is 6.54 Å². The second-order valence-corrected chi connectivity index (χ2v) is 7.96. The summed E-state index contributed by atoms with van der Waals surface area (Å²) >= 11 is 5.32. The summed E-state index contributed by atoms with van der Waals surface area (Å²) in [6, 6.07) is 24.7. The summed E-state index contributed by atoms with van der Waals surface area (Å²) in [5, 5.41) is 2.59. The normalized spacial score (nSPS) is 15.4. The number of thiocarbonyl (C=S) groups is 1. The zero-order valence-corrected chi connectivity index (χ0v) is 18.1. The van der Waals surface area contributed by atoms with E-state index in [1.807, 2.05) is 36.4 Å². The number of rotatable bonds is 5. The predicted molar refractivity (Wildman–Crippen MR) is 129 cm³/mol. The maximum atomic E-state index is 12.9. The molecule has 0 aliphatic carbocycles. The molecule has 31 heavy (non-hydrogen) atoms. The zero-order valence-electron chi connectivity index (χ0n) is 17.2. The van der Waals surface area contributed by atoms with Gasteiger partial charge in [0.05, 0.1) is 0 Å². The van der Waals surface area contributed by atoms with Crippen LogP contribution < -0.4 is 0 Å². The second kappa shape index (κ2) is 8.00. The lowest BCUT2D eigenvalue weighted by molar-refractivity contribution is -0.122. The first-order valence-corrected chi connectivity index (χ1v) is 10.9. The van der Waals surface area contributed by atoms with E-state index in [2.05, 4.69) is 47.9 Å². The third-order valence-corrected chi connectivity index (χ3v) is 6.05. The van der Waals surface area contributed by atoms with Crippen LogP contribution in [-0.4, -0.2) is 27.1 Å². The van der Waals surface area contributed by atoms with Gasteiger partial charge in [0.1, 0.15) is 0 Å². The van der Waals surface area contributed by atoms with Gasteiger partial charge in [-0.2, -0.15) is 0 Å². The van der Waals surface area contributed by atoms with Crippen molar-refractivity contribution in [2.24, 2.45) is 0 Å². The number of benzene rings is 3. The van der Waals surface area contributed by atoms with Crippen molar-refractivity contribution in [3.8, 4) is 0 Å². The van der Waals surface area contributed by atoms with Crippen molar-refractivity contribution in [1.82, 2.24) is 9.47 Å². The van der Waals surface area contributed by atoms with Gasteiger partial charge >= 0.3 is 0 Å². The number of carbonyl (C=O) groups is 1. The second-order valence-electron chi connectivity index (χ2n) is 7.61. The fourth-order valence-electron chi connectivity index (χ4n) is 4.23. The van der Waals surface area contributed by atoms with Crippen molar-refractivity contribution in [2.75, 3.05) is 6.54 Å². The van der Waals surface area contributed by atoms with Crippen LogP contribution in [0.2, 0.25) is 0 Å². The number of amides is 1. The minimum absolute atomic E-state index is 0.183. The van der Waals surface area contributed by atoms with E-state index in [1.54, 1.807) is 6.08 Å². The van der Waals surface area contributed by atoms with Crippen LogP contribution in [0.4, 0.5) is 0 Å². The van der Waals surface area contributed by atoms with Gasteiger partial charge in [-0.15, -0.1) is 0 Å². The van der Waals surface area contributed by atoms with Crippen molar-refractivity contribution in [2.45, 2.75) is 19.9 Å². The Hall–Kier alpha value is -3.44. The lowest BCUT2D eigenvalue weighted by atomic mass is 10.1. The monoisotopic (exact) mass is 426 g/mol. The fraction of sp³-hybridized carbons (Fsp3) is 0.154. The van der Waals surface area contributed by atoms with Gasteiger partial charge in [-0.3, -0.25) is 9.69 Å². The summed E-state index contributed by atoms with van der Waals surface area (Å²) in [4.78, 5) is 14.4. The highest BCUT2D eigenvalue weighted by molar-refractivity contribution is 7.80. The molecule has 5 heteroatoms. The summed E-state index contributed by atoms with van der Waals surface area (Å²) in [6.07, 6.45) is 2.51. The minimum atomic E-state index is -0.183. The molecule has 1 fully saturated rings. The Kier molecular flexibility index (Phi) is 5.04. The van der Waals surface area contributed by atoms with Crippen LogP contribution in [-0.2, 0) is 22.5 Å². The van der Waals surface area contributed by atoms with Crippen LogP contribution in [0.15, 0.2) is 78.6 Å². The van der Waals surface area contributed by atoms with Crippen LogP contribution >= 0.6 is 12.2 Å². The largest absolute Gasteiger partial charge is 0.426 e. The SMILES string of the molecule is CCn1c2ccccc2c2cc(/C=C3/OC(=S)N(CCc4ccccc4)C3=O)ccc21. The molecule has 0 N–H and O–H groups in total. The van der Waals surface area contributed by atoms with Gasteiger partial charge in [0, 0.05) is 34.9 Å². The molecule has 1 aliphatic heterocycles.